The van der Waals surface area contributed by atoms with E-state index in [2.05, 4.69) is 26.2 Å². The Morgan fingerprint density at radius 3 is 2.80 bits per heavy atom. The largest absolute Gasteiger partial charge is 0.337 e. The molecule has 0 aliphatic rings. The van der Waals surface area contributed by atoms with Crippen LogP contribution in [-0.2, 0) is 17.9 Å². The molecular weight excluding hydrogens is 451 g/mol. The zero-order valence-corrected chi connectivity index (χ0v) is 18.1. The van der Waals surface area contributed by atoms with Crippen LogP contribution in [0.2, 0.25) is 0 Å². The number of imidazole rings is 1. The lowest BCUT2D eigenvalue weighted by atomic mass is 10.1. The van der Waals surface area contributed by atoms with Crippen molar-refractivity contribution in [3.63, 3.8) is 0 Å². The average Bonchev–Trinajstić information content (AvgIpc) is 3.26. The van der Waals surface area contributed by atoms with Gasteiger partial charge in [-0.05, 0) is 43.3 Å². The van der Waals surface area contributed by atoms with Crippen LogP contribution < -0.4 is 5.32 Å². The second kappa shape index (κ2) is 10.2. The molecule has 6 nitrogen and oxygen atoms in total. The number of anilines is 1. The fraction of sp³-hybridized carbons (Fsp3) is 0.227. The summed E-state index contributed by atoms with van der Waals surface area (Å²) in [6.45, 7) is 2.94. The third-order valence-corrected chi connectivity index (χ3v) is 5.08. The van der Waals surface area contributed by atoms with E-state index in [9.17, 15) is 14.0 Å². The van der Waals surface area contributed by atoms with Gasteiger partial charge >= 0.3 is 0 Å². The maximum absolute atomic E-state index is 14.1. The summed E-state index contributed by atoms with van der Waals surface area (Å²) in [5.41, 5.74) is 1.41. The van der Waals surface area contributed by atoms with Crippen LogP contribution in [0.3, 0.4) is 0 Å². The van der Waals surface area contributed by atoms with E-state index >= 15 is 0 Å². The van der Waals surface area contributed by atoms with E-state index < -0.39 is 0 Å². The highest BCUT2D eigenvalue weighted by Gasteiger charge is 2.17. The Morgan fingerprint density at radius 1 is 1.23 bits per heavy atom. The van der Waals surface area contributed by atoms with Crippen molar-refractivity contribution in [1.82, 2.24) is 14.5 Å². The van der Waals surface area contributed by atoms with Crippen molar-refractivity contribution in [3.05, 3.63) is 82.6 Å². The van der Waals surface area contributed by atoms with Crippen LogP contribution >= 0.6 is 15.9 Å². The van der Waals surface area contributed by atoms with Crippen molar-refractivity contribution >= 4 is 33.4 Å². The van der Waals surface area contributed by atoms with E-state index in [0.29, 0.717) is 29.9 Å². The number of hydrogen-bond donors (Lipinski definition) is 1. The molecule has 0 aliphatic carbocycles. The molecule has 2 aromatic carbocycles. The first-order valence-electron chi connectivity index (χ1n) is 9.55. The first-order valence-corrected chi connectivity index (χ1v) is 10.3. The lowest BCUT2D eigenvalue weighted by molar-refractivity contribution is -0.116. The quantitative estimate of drug-likeness (QED) is 0.525. The van der Waals surface area contributed by atoms with Gasteiger partial charge in [-0.3, -0.25) is 9.59 Å². The molecule has 0 spiro atoms. The highest BCUT2D eigenvalue weighted by atomic mass is 79.9. The normalized spacial score (nSPS) is 10.6. The molecule has 0 fully saturated rings. The molecular formula is C22H22BrFN4O2. The number of aromatic nitrogens is 2. The smallest absolute Gasteiger partial charge is 0.254 e. The Kier molecular flexibility index (Phi) is 7.35. The monoisotopic (exact) mass is 472 g/mol. The standard InChI is InChI=1S/C22H22BrFN4O2/c1-2-28(14-17-12-18(23)6-7-20(17)24)22(30)16-4-3-5-19(13-16)26-21(29)8-10-27-11-9-25-15-27/h3-7,9,11-13,15H,2,8,10,14H2,1H3,(H,26,29). The Balaban J connectivity index is 1.66. The molecule has 1 N–H and O–H groups in total. The topological polar surface area (TPSA) is 67.2 Å². The predicted molar refractivity (Wildman–Crippen MR) is 116 cm³/mol. The summed E-state index contributed by atoms with van der Waals surface area (Å²) in [6, 6.07) is 11.4. The van der Waals surface area contributed by atoms with Gasteiger partial charge in [0.2, 0.25) is 5.91 Å². The van der Waals surface area contributed by atoms with Crippen LogP contribution in [0.4, 0.5) is 10.1 Å². The number of halogens is 2. The molecule has 0 bridgehead atoms. The number of amides is 2. The number of carbonyl (C=O) groups is 2. The highest BCUT2D eigenvalue weighted by molar-refractivity contribution is 9.10. The van der Waals surface area contributed by atoms with E-state index in [-0.39, 0.29) is 30.6 Å². The molecule has 3 aromatic rings. The minimum atomic E-state index is -0.358. The van der Waals surface area contributed by atoms with Gasteiger partial charge in [-0.25, -0.2) is 9.37 Å². The lowest BCUT2D eigenvalue weighted by Gasteiger charge is -2.22. The number of benzene rings is 2. The van der Waals surface area contributed by atoms with E-state index in [1.165, 1.54) is 6.07 Å². The Morgan fingerprint density at radius 2 is 2.07 bits per heavy atom. The first kappa shape index (κ1) is 21.7. The third kappa shape index (κ3) is 5.76. The van der Waals surface area contributed by atoms with Gasteiger partial charge < -0.3 is 14.8 Å². The molecule has 30 heavy (non-hydrogen) atoms. The number of nitrogens with one attached hydrogen (secondary N) is 1. The third-order valence-electron chi connectivity index (χ3n) is 4.59. The van der Waals surface area contributed by atoms with Gasteiger partial charge in [-0.15, -0.1) is 0 Å². The number of hydrogen-bond acceptors (Lipinski definition) is 3. The minimum Gasteiger partial charge on any atom is -0.337 e. The summed E-state index contributed by atoms with van der Waals surface area (Å²) in [6.07, 6.45) is 5.39. The maximum Gasteiger partial charge on any atom is 0.254 e. The summed E-state index contributed by atoms with van der Waals surface area (Å²) in [4.78, 5) is 30.7. The molecule has 0 aliphatic heterocycles. The molecule has 2 amide bonds. The van der Waals surface area contributed by atoms with Crippen LogP contribution in [0.5, 0.6) is 0 Å². The van der Waals surface area contributed by atoms with Gasteiger partial charge in [0, 0.05) is 59.7 Å². The molecule has 0 saturated heterocycles. The molecule has 3 rings (SSSR count). The molecule has 0 saturated carbocycles. The van der Waals surface area contributed by atoms with E-state index in [1.807, 2.05) is 11.5 Å². The number of aryl methyl sites for hydroxylation is 1. The van der Waals surface area contributed by atoms with Crippen molar-refractivity contribution in [1.29, 1.82) is 0 Å². The van der Waals surface area contributed by atoms with E-state index in [1.54, 1.807) is 60.0 Å². The molecule has 1 aromatic heterocycles. The fourth-order valence-corrected chi connectivity index (χ4v) is 3.39. The summed E-state index contributed by atoms with van der Waals surface area (Å²) in [7, 11) is 0. The number of nitrogens with zero attached hydrogens (tertiary/aromatic N) is 3. The van der Waals surface area contributed by atoms with E-state index in [4.69, 9.17) is 0 Å². The van der Waals surface area contributed by atoms with Crippen molar-refractivity contribution in [3.8, 4) is 0 Å². The van der Waals surface area contributed by atoms with E-state index in [0.717, 1.165) is 4.47 Å². The second-order valence-electron chi connectivity index (χ2n) is 6.73. The van der Waals surface area contributed by atoms with Crippen molar-refractivity contribution in [2.45, 2.75) is 26.4 Å². The Hall–Kier alpha value is -3.00. The number of rotatable bonds is 8. The molecule has 0 unspecified atom stereocenters. The number of carbonyl (C=O) groups excluding carboxylic acids is 2. The molecule has 0 radical (unpaired) electrons. The van der Waals surface area contributed by atoms with Gasteiger partial charge in [-0.2, -0.15) is 0 Å². The minimum absolute atomic E-state index is 0.155. The highest BCUT2D eigenvalue weighted by Crippen LogP contribution is 2.19. The zero-order valence-electron chi connectivity index (χ0n) is 16.5. The Bertz CT molecular complexity index is 1020. The van der Waals surface area contributed by atoms with Crippen LogP contribution in [0.25, 0.3) is 0 Å². The first-order chi connectivity index (χ1) is 14.5. The van der Waals surface area contributed by atoms with Gasteiger partial charge in [0.15, 0.2) is 0 Å². The SMILES string of the molecule is CCN(Cc1cc(Br)ccc1F)C(=O)c1cccc(NC(=O)CCn2ccnc2)c1. The van der Waals surface area contributed by atoms with Crippen LogP contribution in [0.15, 0.2) is 65.7 Å². The van der Waals surface area contributed by atoms with Crippen LogP contribution in [0, 0.1) is 5.82 Å². The lowest BCUT2D eigenvalue weighted by Crippen LogP contribution is -2.30. The molecule has 156 valence electrons. The van der Waals surface area contributed by atoms with Gasteiger partial charge in [0.1, 0.15) is 5.82 Å². The van der Waals surface area contributed by atoms with Crippen LogP contribution in [-0.4, -0.2) is 32.8 Å². The average molecular weight is 473 g/mol. The zero-order chi connectivity index (χ0) is 21.5. The summed E-state index contributed by atoms with van der Waals surface area (Å²) in [5, 5.41) is 2.81. The molecule has 0 atom stereocenters. The van der Waals surface area contributed by atoms with Gasteiger partial charge in [0.05, 0.1) is 6.33 Å². The van der Waals surface area contributed by atoms with Gasteiger partial charge in [0.25, 0.3) is 5.91 Å². The van der Waals surface area contributed by atoms with Crippen LogP contribution in [0.1, 0.15) is 29.3 Å². The van der Waals surface area contributed by atoms with Crippen molar-refractivity contribution < 1.29 is 14.0 Å². The summed E-state index contributed by atoms with van der Waals surface area (Å²) < 4.78 is 16.7. The maximum atomic E-state index is 14.1. The summed E-state index contributed by atoms with van der Waals surface area (Å²) in [5.74, 6) is -0.744. The Labute approximate surface area is 182 Å². The summed E-state index contributed by atoms with van der Waals surface area (Å²) >= 11 is 3.33. The fourth-order valence-electron chi connectivity index (χ4n) is 2.98. The molecule has 1 heterocycles. The second-order valence-corrected chi connectivity index (χ2v) is 7.65. The van der Waals surface area contributed by atoms with Crippen molar-refractivity contribution in [2.24, 2.45) is 0 Å². The predicted octanol–water partition coefficient (Wildman–Crippen LogP) is 4.48. The van der Waals surface area contributed by atoms with Gasteiger partial charge in [-0.1, -0.05) is 22.0 Å². The van der Waals surface area contributed by atoms with Crippen molar-refractivity contribution in [2.75, 3.05) is 11.9 Å². The molecule has 8 heteroatoms.